The van der Waals surface area contributed by atoms with Crippen molar-refractivity contribution in [3.8, 4) is 0 Å². The molecular formula is C7H9ClF7N. The van der Waals surface area contributed by atoms with Crippen LogP contribution >= 0.6 is 12.4 Å². The zero-order valence-corrected chi connectivity index (χ0v) is 8.52. The molecule has 1 aliphatic rings. The van der Waals surface area contributed by atoms with Crippen LogP contribution in [0.4, 0.5) is 30.7 Å². The molecule has 0 bridgehead atoms. The molecule has 16 heavy (non-hydrogen) atoms. The molecule has 0 aliphatic heterocycles. The van der Waals surface area contributed by atoms with Gasteiger partial charge in [-0.25, -0.2) is 0 Å². The van der Waals surface area contributed by atoms with E-state index >= 15 is 0 Å². The Balaban J connectivity index is 0.00000225. The van der Waals surface area contributed by atoms with Crippen molar-refractivity contribution in [2.24, 2.45) is 11.7 Å². The fraction of sp³-hybridized carbons (Fsp3) is 1.00. The summed E-state index contributed by atoms with van der Waals surface area (Å²) in [6.07, 6.45) is -5.97. The highest BCUT2D eigenvalue weighted by atomic mass is 35.5. The second-order valence-electron chi connectivity index (χ2n) is 3.56. The van der Waals surface area contributed by atoms with E-state index in [-0.39, 0.29) is 25.2 Å². The summed E-state index contributed by atoms with van der Waals surface area (Å²) in [7, 11) is 0. The van der Waals surface area contributed by atoms with Gasteiger partial charge in [-0.05, 0) is 18.8 Å². The minimum atomic E-state index is -6.29. The van der Waals surface area contributed by atoms with Gasteiger partial charge in [0.1, 0.15) is 0 Å². The third-order valence-corrected chi connectivity index (χ3v) is 2.32. The molecule has 1 nitrogen and oxygen atoms in total. The molecule has 0 heterocycles. The number of hydrogen-bond donors (Lipinski definition) is 1. The van der Waals surface area contributed by atoms with Crippen LogP contribution < -0.4 is 5.73 Å². The van der Waals surface area contributed by atoms with Gasteiger partial charge in [-0.2, -0.15) is 30.7 Å². The van der Waals surface area contributed by atoms with Gasteiger partial charge in [0.05, 0.1) is 6.04 Å². The third kappa shape index (κ3) is 2.37. The van der Waals surface area contributed by atoms with E-state index in [1.165, 1.54) is 0 Å². The van der Waals surface area contributed by atoms with Gasteiger partial charge in [0.2, 0.25) is 0 Å². The SMILES string of the molecule is Cl.N[C@@H](C1CC1)C(F)(F)C(F)(F)C(F)(F)F. The lowest BCUT2D eigenvalue weighted by atomic mass is 9.99. The Morgan fingerprint density at radius 3 is 1.56 bits per heavy atom. The summed E-state index contributed by atoms with van der Waals surface area (Å²) in [5.41, 5.74) is 4.71. The second-order valence-corrected chi connectivity index (χ2v) is 3.56. The maximum absolute atomic E-state index is 12.8. The number of rotatable bonds is 3. The maximum Gasteiger partial charge on any atom is 0.459 e. The number of halogens is 8. The smallest absolute Gasteiger partial charge is 0.322 e. The molecule has 1 fully saturated rings. The Morgan fingerprint density at radius 1 is 0.938 bits per heavy atom. The van der Waals surface area contributed by atoms with E-state index in [4.69, 9.17) is 5.73 Å². The Bertz CT molecular complexity index is 248. The lowest BCUT2D eigenvalue weighted by Crippen LogP contribution is -2.61. The maximum atomic E-state index is 12.8. The zero-order chi connectivity index (χ0) is 12.1. The number of alkyl halides is 7. The first-order chi connectivity index (χ1) is 6.52. The normalized spacial score (nSPS) is 20.2. The molecular weight excluding hydrogens is 267 g/mol. The van der Waals surface area contributed by atoms with Crippen LogP contribution in [0.15, 0.2) is 0 Å². The van der Waals surface area contributed by atoms with Crippen molar-refractivity contribution in [3.63, 3.8) is 0 Å². The van der Waals surface area contributed by atoms with Crippen LogP contribution in [0.25, 0.3) is 0 Å². The molecule has 0 aromatic rings. The van der Waals surface area contributed by atoms with Gasteiger partial charge < -0.3 is 5.73 Å². The van der Waals surface area contributed by atoms with Gasteiger partial charge in [0.25, 0.3) is 0 Å². The van der Waals surface area contributed by atoms with Crippen molar-refractivity contribution < 1.29 is 30.7 Å². The summed E-state index contributed by atoms with van der Waals surface area (Å²) in [6.45, 7) is 0. The molecule has 1 aliphatic carbocycles. The highest BCUT2D eigenvalue weighted by molar-refractivity contribution is 5.85. The molecule has 0 unspecified atom stereocenters. The first kappa shape index (κ1) is 15.8. The molecule has 1 rings (SSSR count). The van der Waals surface area contributed by atoms with Crippen LogP contribution in [-0.2, 0) is 0 Å². The summed E-state index contributed by atoms with van der Waals surface area (Å²) in [5.74, 6) is -12.3. The Kier molecular flexibility index (Phi) is 4.15. The monoisotopic (exact) mass is 275 g/mol. The minimum Gasteiger partial charge on any atom is -0.322 e. The van der Waals surface area contributed by atoms with E-state index < -0.39 is 30.0 Å². The molecule has 9 heteroatoms. The highest BCUT2D eigenvalue weighted by Crippen LogP contribution is 2.51. The zero-order valence-electron chi connectivity index (χ0n) is 7.70. The van der Waals surface area contributed by atoms with Crippen LogP contribution in [-0.4, -0.2) is 24.1 Å². The topological polar surface area (TPSA) is 26.0 Å². The molecule has 0 radical (unpaired) electrons. The molecule has 0 amide bonds. The van der Waals surface area contributed by atoms with Crippen LogP contribution in [0, 0.1) is 5.92 Å². The van der Waals surface area contributed by atoms with Gasteiger partial charge in [-0.1, -0.05) is 0 Å². The summed E-state index contributed by atoms with van der Waals surface area (Å²) >= 11 is 0. The Labute approximate surface area is 92.6 Å². The average molecular weight is 276 g/mol. The molecule has 0 saturated heterocycles. The van der Waals surface area contributed by atoms with E-state index in [9.17, 15) is 30.7 Å². The summed E-state index contributed by atoms with van der Waals surface area (Å²) in [5, 5.41) is 0. The molecule has 0 aromatic heterocycles. The van der Waals surface area contributed by atoms with Crippen LogP contribution in [0.5, 0.6) is 0 Å². The molecule has 2 N–H and O–H groups in total. The molecule has 0 spiro atoms. The summed E-state index contributed by atoms with van der Waals surface area (Å²) in [4.78, 5) is 0. The quantitative estimate of drug-likeness (QED) is 0.787. The van der Waals surface area contributed by atoms with Gasteiger partial charge in [0.15, 0.2) is 0 Å². The molecule has 0 aromatic carbocycles. The van der Waals surface area contributed by atoms with Crippen molar-refractivity contribution in [2.75, 3.05) is 0 Å². The van der Waals surface area contributed by atoms with Crippen molar-refractivity contribution in [1.82, 2.24) is 0 Å². The van der Waals surface area contributed by atoms with E-state index in [0.717, 1.165) is 0 Å². The highest BCUT2D eigenvalue weighted by Gasteiger charge is 2.75. The third-order valence-electron chi connectivity index (χ3n) is 2.32. The predicted molar refractivity (Wildman–Crippen MR) is 43.9 cm³/mol. The first-order valence-corrected chi connectivity index (χ1v) is 4.09. The fourth-order valence-electron chi connectivity index (χ4n) is 1.15. The van der Waals surface area contributed by atoms with E-state index in [1.807, 2.05) is 0 Å². The fourth-order valence-corrected chi connectivity index (χ4v) is 1.15. The molecule has 1 atom stereocenters. The average Bonchev–Trinajstić information content (AvgIpc) is 2.82. The minimum absolute atomic E-state index is 0. The molecule has 1 saturated carbocycles. The Hall–Kier alpha value is -0.240. The van der Waals surface area contributed by atoms with Crippen LogP contribution in [0.1, 0.15) is 12.8 Å². The van der Waals surface area contributed by atoms with Crippen molar-refractivity contribution in [2.45, 2.75) is 36.9 Å². The molecule has 98 valence electrons. The first-order valence-electron chi connectivity index (χ1n) is 4.09. The van der Waals surface area contributed by atoms with Crippen molar-refractivity contribution in [1.29, 1.82) is 0 Å². The summed E-state index contributed by atoms with van der Waals surface area (Å²) < 4.78 is 85.4. The second kappa shape index (κ2) is 4.21. The largest absolute Gasteiger partial charge is 0.459 e. The van der Waals surface area contributed by atoms with E-state index in [2.05, 4.69) is 0 Å². The number of nitrogens with two attached hydrogens (primary N) is 1. The van der Waals surface area contributed by atoms with E-state index in [1.54, 1.807) is 0 Å². The predicted octanol–water partition coefficient (Wildman–Crippen LogP) is 2.98. The number of hydrogen-bond acceptors (Lipinski definition) is 1. The van der Waals surface area contributed by atoms with Crippen LogP contribution in [0.2, 0.25) is 0 Å². The van der Waals surface area contributed by atoms with Gasteiger partial charge in [-0.3, -0.25) is 0 Å². The van der Waals surface area contributed by atoms with E-state index in [0.29, 0.717) is 0 Å². The summed E-state index contributed by atoms with van der Waals surface area (Å²) in [6, 6.07) is -2.45. The van der Waals surface area contributed by atoms with Crippen molar-refractivity contribution in [3.05, 3.63) is 0 Å². The Morgan fingerprint density at radius 2 is 1.31 bits per heavy atom. The van der Waals surface area contributed by atoms with Gasteiger partial charge in [0, 0.05) is 0 Å². The van der Waals surface area contributed by atoms with Crippen LogP contribution in [0.3, 0.4) is 0 Å². The van der Waals surface area contributed by atoms with Gasteiger partial charge in [-0.15, -0.1) is 12.4 Å². The van der Waals surface area contributed by atoms with Gasteiger partial charge >= 0.3 is 18.0 Å². The lowest BCUT2D eigenvalue weighted by Gasteiger charge is -2.32. The standard InChI is InChI=1S/C7H8F7N.ClH/c8-5(9,4(15)3-1-2-3)6(10,11)7(12,13)14;/h3-4H,1-2,15H2;1H/t4-;/m0./s1. The van der Waals surface area contributed by atoms with Crippen molar-refractivity contribution >= 4 is 12.4 Å². The lowest BCUT2D eigenvalue weighted by molar-refractivity contribution is -0.359.